The van der Waals surface area contributed by atoms with Gasteiger partial charge in [0.15, 0.2) is 0 Å². The molecule has 0 aliphatic rings. The number of H-pyrrole nitrogens is 1. The van der Waals surface area contributed by atoms with E-state index in [9.17, 15) is 9.59 Å². The van der Waals surface area contributed by atoms with Crippen LogP contribution >= 0.6 is 0 Å². The number of rotatable bonds is 4. The first-order valence-electron chi connectivity index (χ1n) is 5.80. The van der Waals surface area contributed by atoms with Gasteiger partial charge in [-0.1, -0.05) is 26.7 Å². The summed E-state index contributed by atoms with van der Waals surface area (Å²) in [4.78, 5) is 25.1. The Balaban J connectivity index is 3.28. The van der Waals surface area contributed by atoms with Crippen LogP contribution in [0.1, 0.15) is 45.2 Å². The van der Waals surface area contributed by atoms with Crippen molar-refractivity contribution >= 4 is 0 Å². The predicted molar refractivity (Wildman–Crippen MR) is 64.8 cm³/mol. The van der Waals surface area contributed by atoms with Crippen LogP contribution in [0.25, 0.3) is 0 Å². The highest BCUT2D eigenvalue weighted by Crippen LogP contribution is 2.22. The minimum Gasteiger partial charge on any atom is -0.296 e. The second-order valence-corrected chi connectivity index (χ2v) is 4.14. The Morgan fingerprint density at radius 1 is 1.41 bits per heavy atom. The van der Waals surface area contributed by atoms with Crippen molar-refractivity contribution in [2.24, 2.45) is 5.92 Å². The third-order valence-corrected chi connectivity index (χ3v) is 3.26. The Kier molecular flexibility index (Phi) is 4.27. The Labute approximate surface area is 99.7 Å². The van der Waals surface area contributed by atoms with Crippen LogP contribution in [-0.4, -0.2) is 9.55 Å². The quantitative estimate of drug-likeness (QED) is 0.856. The summed E-state index contributed by atoms with van der Waals surface area (Å²) in [6.07, 6.45) is 3.25. The summed E-state index contributed by atoms with van der Waals surface area (Å²) in [6.45, 7) is 6.05. The van der Waals surface area contributed by atoms with Crippen LogP contribution in [0.5, 0.6) is 0 Å². The third-order valence-electron chi connectivity index (χ3n) is 3.26. The van der Waals surface area contributed by atoms with Gasteiger partial charge in [-0.15, -0.1) is 0 Å². The highest BCUT2D eigenvalue weighted by molar-refractivity contribution is 5.21. The van der Waals surface area contributed by atoms with E-state index in [1.54, 1.807) is 6.07 Å². The fraction of sp³-hybridized carbons (Fsp3) is 0.583. The van der Waals surface area contributed by atoms with Crippen LogP contribution < -0.4 is 11.2 Å². The Morgan fingerprint density at radius 3 is 2.47 bits per heavy atom. The molecular weight excluding hydrogens is 218 g/mol. The van der Waals surface area contributed by atoms with Crippen molar-refractivity contribution in [3.63, 3.8) is 0 Å². The molecule has 17 heavy (non-hydrogen) atoms. The number of hydrogen-bond acceptors (Lipinski definition) is 3. The van der Waals surface area contributed by atoms with Crippen LogP contribution in [0, 0.1) is 17.2 Å². The smallest absolute Gasteiger partial charge is 0.296 e. The van der Waals surface area contributed by atoms with Gasteiger partial charge in [-0.2, -0.15) is 5.26 Å². The average Bonchev–Trinajstić information content (AvgIpc) is 2.30. The molecule has 0 amide bonds. The molecular formula is C12H17N3O2. The highest BCUT2D eigenvalue weighted by atomic mass is 16.2. The fourth-order valence-corrected chi connectivity index (χ4v) is 2.07. The molecule has 0 aromatic carbocycles. The van der Waals surface area contributed by atoms with Gasteiger partial charge in [0.2, 0.25) is 0 Å². The number of aromatic amines is 1. The van der Waals surface area contributed by atoms with Crippen LogP contribution in [0.3, 0.4) is 0 Å². The van der Waals surface area contributed by atoms with Gasteiger partial charge in [0.1, 0.15) is 11.6 Å². The summed E-state index contributed by atoms with van der Waals surface area (Å²) < 4.78 is 1.44. The normalized spacial score (nSPS) is 12.4. The summed E-state index contributed by atoms with van der Waals surface area (Å²) >= 11 is 0. The predicted octanol–water partition coefficient (Wildman–Crippen LogP) is 1.41. The van der Waals surface area contributed by atoms with Gasteiger partial charge < -0.3 is 0 Å². The molecule has 1 aromatic heterocycles. The Hall–Kier alpha value is -1.83. The van der Waals surface area contributed by atoms with Gasteiger partial charge >= 0.3 is 5.69 Å². The SMILES string of the molecule is CCC(CC)C(C)n1cc(C#N)c(=O)[nH]c1=O. The van der Waals surface area contributed by atoms with E-state index in [2.05, 4.69) is 18.8 Å². The molecule has 0 aliphatic heterocycles. The topological polar surface area (TPSA) is 78.7 Å². The van der Waals surface area contributed by atoms with Crippen molar-refractivity contribution in [1.29, 1.82) is 5.26 Å². The highest BCUT2D eigenvalue weighted by Gasteiger charge is 2.17. The monoisotopic (exact) mass is 235 g/mol. The van der Waals surface area contributed by atoms with E-state index in [1.165, 1.54) is 10.8 Å². The first-order chi connectivity index (χ1) is 8.04. The summed E-state index contributed by atoms with van der Waals surface area (Å²) in [5.74, 6) is 0.352. The van der Waals surface area contributed by atoms with Crippen molar-refractivity contribution in [3.05, 3.63) is 32.6 Å². The summed E-state index contributed by atoms with van der Waals surface area (Å²) in [7, 11) is 0. The number of aromatic nitrogens is 2. The van der Waals surface area contributed by atoms with Gasteiger partial charge in [0.25, 0.3) is 5.56 Å². The molecule has 1 unspecified atom stereocenters. The molecule has 0 bridgehead atoms. The Morgan fingerprint density at radius 2 is 2.00 bits per heavy atom. The molecule has 5 nitrogen and oxygen atoms in total. The number of nitrogens with one attached hydrogen (secondary N) is 1. The van der Waals surface area contributed by atoms with E-state index >= 15 is 0 Å². The molecule has 1 N–H and O–H groups in total. The van der Waals surface area contributed by atoms with Gasteiger partial charge in [-0.25, -0.2) is 4.79 Å². The standard InChI is InChI=1S/C12H17N3O2/c1-4-9(5-2)8(3)15-7-10(6-13)11(16)14-12(15)17/h7-9H,4-5H2,1-3H3,(H,14,16,17). The lowest BCUT2D eigenvalue weighted by molar-refractivity contribution is 0.322. The van der Waals surface area contributed by atoms with E-state index in [1.807, 2.05) is 6.92 Å². The molecule has 5 heteroatoms. The minimum atomic E-state index is -0.620. The lowest BCUT2D eigenvalue weighted by atomic mass is 9.95. The summed E-state index contributed by atoms with van der Waals surface area (Å²) in [5, 5.41) is 8.78. The van der Waals surface area contributed by atoms with Crippen molar-refractivity contribution in [3.8, 4) is 6.07 Å². The molecule has 1 aromatic rings. The second-order valence-electron chi connectivity index (χ2n) is 4.14. The van der Waals surface area contributed by atoms with Gasteiger partial charge in [-0.3, -0.25) is 14.3 Å². The largest absolute Gasteiger partial charge is 0.328 e. The molecule has 0 fully saturated rings. The van der Waals surface area contributed by atoms with Crippen molar-refractivity contribution < 1.29 is 0 Å². The first-order valence-corrected chi connectivity index (χ1v) is 5.80. The molecule has 0 spiro atoms. The van der Waals surface area contributed by atoms with E-state index < -0.39 is 11.2 Å². The maximum absolute atomic E-state index is 11.7. The zero-order chi connectivity index (χ0) is 13.0. The maximum atomic E-state index is 11.7. The van der Waals surface area contributed by atoms with Crippen LogP contribution in [-0.2, 0) is 0 Å². The van der Waals surface area contributed by atoms with Gasteiger partial charge in [0, 0.05) is 12.2 Å². The number of nitrogens with zero attached hydrogens (tertiary/aromatic N) is 2. The summed E-state index contributed by atoms with van der Waals surface area (Å²) in [6, 6.07) is 1.76. The van der Waals surface area contributed by atoms with Crippen molar-refractivity contribution in [2.45, 2.75) is 39.7 Å². The van der Waals surface area contributed by atoms with Gasteiger partial charge in [-0.05, 0) is 12.8 Å². The van der Waals surface area contributed by atoms with Crippen LogP contribution in [0.2, 0.25) is 0 Å². The maximum Gasteiger partial charge on any atom is 0.328 e. The van der Waals surface area contributed by atoms with E-state index in [0.717, 1.165) is 12.8 Å². The van der Waals surface area contributed by atoms with E-state index in [4.69, 9.17) is 5.26 Å². The van der Waals surface area contributed by atoms with Gasteiger partial charge in [0.05, 0.1) is 0 Å². The molecule has 1 heterocycles. The zero-order valence-corrected chi connectivity index (χ0v) is 10.4. The molecule has 0 saturated heterocycles. The van der Waals surface area contributed by atoms with E-state index in [0.29, 0.717) is 5.92 Å². The molecule has 1 rings (SSSR count). The number of hydrogen-bond donors (Lipinski definition) is 1. The fourth-order valence-electron chi connectivity index (χ4n) is 2.07. The second kappa shape index (κ2) is 5.48. The van der Waals surface area contributed by atoms with Crippen LogP contribution in [0.4, 0.5) is 0 Å². The first kappa shape index (κ1) is 13.2. The molecule has 1 atom stereocenters. The molecule has 0 radical (unpaired) electrons. The minimum absolute atomic E-state index is 0.0255. The molecule has 0 aliphatic carbocycles. The van der Waals surface area contributed by atoms with Crippen molar-refractivity contribution in [1.82, 2.24) is 9.55 Å². The van der Waals surface area contributed by atoms with Crippen molar-refractivity contribution in [2.75, 3.05) is 0 Å². The average molecular weight is 235 g/mol. The lowest BCUT2D eigenvalue weighted by Gasteiger charge is -2.23. The third kappa shape index (κ3) is 2.64. The molecule has 92 valence electrons. The lowest BCUT2D eigenvalue weighted by Crippen LogP contribution is -2.34. The van der Waals surface area contributed by atoms with E-state index in [-0.39, 0.29) is 11.6 Å². The summed E-state index contributed by atoms with van der Waals surface area (Å²) in [5.41, 5.74) is -1.10. The van der Waals surface area contributed by atoms with Crippen LogP contribution in [0.15, 0.2) is 15.8 Å². The Bertz CT molecular complexity index is 532. The zero-order valence-electron chi connectivity index (χ0n) is 10.4. The number of nitriles is 1. The molecule has 0 saturated carbocycles.